The maximum Gasteiger partial charge on any atom is 0.251 e. The number of amides is 1. The van der Waals surface area contributed by atoms with E-state index in [1.165, 1.54) is 25.9 Å². The van der Waals surface area contributed by atoms with Crippen molar-refractivity contribution in [1.29, 1.82) is 0 Å². The fourth-order valence-corrected chi connectivity index (χ4v) is 4.71. The van der Waals surface area contributed by atoms with Crippen molar-refractivity contribution in [3.63, 3.8) is 0 Å². The van der Waals surface area contributed by atoms with Crippen LogP contribution in [0, 0.1) is 0 Å². The summed E-state index contributed by atoms with van der Waals surface area (Å²) in [6.45, 7) is 8.91. The summed E-state index contributed by atoms with van der Waals surface area (Å²) >= 11 is 0. The van der Waals surface area contributed by atoms with Gasteiger partial charge in [0.25, 0.3) is 5.91 Å². The molecule has 0 atom stereocenters. The maximum atomic E-state index is 12.9. The minimum absolute atomic E-state index is 0.0667. The molecule has 9 heteroatoms. The van der Waals surface area contributed by atoms with Crippen LogP contribution in [0.3, 0.4) is 0 Å². The molecule has 190 valence electrons. The van der Waals surface area contributed by atoms with E-state index in [-0.39, 0.29) is 5.91 Å². The minimum Gasteiger partial charge on any atom is -0.439 e. The number of ether oxygens (including phenoxy) is 2. The van der Waals surface area contributed by atoms with Crippen molar-refractivity contribution < 1.29 is 14.3 Å². The van der Waals surface area contributed by atoms with Crippen LogP contribution in [0.5, 0.6) is 11.6 Å². The highest BCUT2D eigenvalue weighted by molar-refractivity contribution is 6.07. The summed E-state index contributed by atoms with van der Waals surface area (Å²) in [5, 5.41) is 8.17. The molecule has 2 saturated heterocycles. The van der Waals surface area contributed by atoms with E-state index in [1.54, 1.807) is 12.3 Å². The van der Waals surface area contributed by atoms with Crippen molar-refractivity contribution >= 4 is 22.6 Å². The first-order valence-corrected chi connectivity index (χ1v) is 12.8. The molecule has 9 nitrogen and oxygen atoms in total. The molecule has 2 fully saturated rings. The molecule has 0 spiro atoms. The van der Waals surface area contributed by atoms with Crippen molar-refractivity contribution in [1.82, 2.24) is 25.1 Å². The topological polar surface area (TPSA) is 91.9 Å². The number of anilines is 1. The quantitative estimate of drug-likeness (QED) is 0.448. The highest BCUT2D eigenvalue weighted by atomic mass is 16.5. The Kier molecular flexibility index (Phi) is 8.22. The lowest BCUT2D eigenvalue weighted by atomic mass is 10.0. The van der Waals surface area contributed by atoms with Crippen LogP contribution in [-0.2, 0) is 4.74 Å². The molecule has 2 aromatic carbocycles. The zero-order valence-corrected chi connectivity index (χ0v) is 20.6. The molecule has 2 aliphatic heterocycles. The van der Waals surface area contributed by atoms with Crippen molar-refractivity contribution in [2.75, 3.05) is 70.9 Å². The zero-order chi connectivity index (χ0) is 24.6. The average Bonchev–Trinajstić information content (AvgIpc) is 3.43. The zero-order valence-electron chi connectivity index (χ0n) is 20.6. The van der Waals surface area contributed by atoms with E-state index in [0.717, 1.165) is 56.7 Å². The molecule has 0 unspecified atom stereocenters. The minimum atomic E-state index is -0.0667. The van der Waals surface area contributed by atoms with E-state index in [2.05, 4.69) is 30.4 Å². The third-order valence-electron chi connectivity index (χ3n) is 6.68. The number of carbonyl (C=O) groups is 1. The van der Waals surface area contributed by atoms with Crippen LogP contribution in [0.2, 0.25) is 0 Å². The number of aromatic nitrogens is 2. The fraction of sp³-hybridized carbons (Fsp3) is 0.444. The molecule has 1 aromatic heterocycles. The maximum absolute atomic E-state index is 12.9. The molecular weight excluding hydrogens is 456 g/mol. The smallest absolute Gasteiger partial charge is 0.251 e. The van der Waals surface area contributed by atoms with Gasteiger partial charge in [-0.3, -0.25) is 9.69 Å². The predicted octanol–water partition coefficient (Wildman–Crippen LogP) is 2.99. The molecule has 3 aromatic rings. The summed E-state index contributed by atoms with van der Waals surface area (Å²) in [6.07, 6.45) is 4.26. The van der Waals surface area contributed by atoms with Gasteiger partial charge in [0.1, 0.15) is 5.75 Å². The largest absolute Gasteiger partial charge is 0.439 e. The second-order valence-corrected chi connectivity index (χ2v) is 9.19. The molecule has 0 saturated carbocycles. The summed E-state index contributed by atoms with van der Waals surface area (Å²) in [5.41, 5.74) is 0.660. The summed E-state index contributed by atoms with van der Waals surface area (Å²) in [4.78, 5) is 26.4. The third kappa shape index (κ3) is 6.48. The molecule has 2 aliphatic rings. The molecule has 0 aliphatic carbocycles. The van der Waals surface area contributed by atoms with E-state index in [1.807, 2.05) is 36.4 Å². The Morgan fingerprint density at radius 1 is 0.972 bits per heavy atom. The highest BCUT2D eigenvalue weighted by Gasteiger charge is 2.14. The lowest BCUT2D eigenvalue weighted by Crippen LogP contribution is -2.41. The summed E-state index contributed by atoms with van der Waals surface area (Å²) in [6, 6.07) is 13.2. The normalized spacial score (nSPS) is 16.8. The monoisotopic (exact) mass is 490 g/mol. The fourth-order valence-electron chi connectivity index (χ4n) is 4.71. The van der Waals surface area contributed by atoms with Crippen LogP contribution in [0.1, 0.15) is 23.2 Å². The van der Waals surface area contributed by atoms with Crippen molar-refractivity contribution in [2.45, 2.75) is 12.8 Å². The summed E-state index contributed by atoms with van der Waals surface area (Å²) in [5.74, 6) is 1.63. The first-order chi connectivity index (χ1) is 17.7. The molecule has 5 rings (SSSR count). The van der Waals surface area contributed by atoms with Crippen molar-refractivity contribution in [3.8, 4) is 11.6 Å². The SMILES string of the molecule is O=C(NCCN1CCOCC1)c1cccc2cc(Oc3ccnc(NCCN4CCCC4)n3)ccc12. The van der Waals surface area contributed by atoms with E-state index in [4.69, 9.17) is 9.47 Å². The van der Waals surface area contributed by atoms with Gasteiger partial charge in [-0.15, -0.1) is 0 Å². The number of fused-ring (bicyclic) bond motifs is 1. The van der Waals surface area contributed by atoms with Crippen LogP contribution in [0.4, 0.5) is 5.95 Å². The molecule has 0 radical (unpaired) electrons. The van der Waals surface area contributed by atoms with Gasteiger partial charge in [0, 0.05) is 57.1 Å². The number of morpholine rings is 1. The lowest BCUT2D eigenvalue weighted by molar-refractivity contribution is 0.0383. The molecule has 2 N–H and O–H groups in total. The second-order valence-electron chi connectivity index (χ2n) is 9.19. The third-order valence-corrected chi connectivity index (χ3v) is 6.68. The van der Waals surface area contributed by atoms with Crippen molar-refractivity contribution in [3.05, 3.63) is 54.2 Å². The summed E-state index contributed by atoms with van der Waals surface area (Å²) < 4.78 is 11.4. The first kappa shape index (κ1) is 24.4. The summed E-state index contributed by atoms with van der Waals surface area (Å²) in [7, 11) is 0. The number of nitrogens with one attached hydrogen (secondary N) is 2. The number of nitrogens with zero attached hydrogens (tertiary/aromatic N) is 4. The van der Waals surface area contributed by atoms with Crippen LogP contribution in [0.15, 0.2) is 48.7 Å². The van der Waals surface area contributed by atoms with Gasteiger partial charge in [-0.25, -0.2) is 4.98 Å². The Morgan fingerprint density at radius 3 is 2.64 bits per heavy atom. The average molecular weight is 491 g/mol. The van der Waals surface area contributed by atoms with Crippen LogP contribution < -0.4 is 15.4 Å². The van der Waals surface area contributed by atoms with E-state index in [0.29, 0.717) is 29.7 Å². The molecule has 36 heavy (non-hydrogen) atoms. The molecule has 3 heterocycles. The number of carbonyl (C=O) groups excluding carboxylic acids is 1. The van der Waals surface area contributed by atoms with E-state index >= 15 is 0 Å². The second kappa shape index (κ2) is 12.1. The number of rotatable bonds is 10. The number of hydrogen-bond acceptors (Lipinski definition) is 8. The van der Waals surface area contributed by atoms with Crippen LogP contribution in [-0.4, -0.2) is 91.2 Å². The molecule has 0 bridgehead atoms. The van der Waals surface area contributed by atoms with Crippen LogP contribution in [0.25, 0.3) is 10.8 Å². The van der Waals surface area contributed by atoms with Gasteiger partial charge < -0.3 is 25.0 Å². The van der Waals surface area contributed by atoms with E-state index < -0.39 is 0 Å². The number of benzene rings is 2. The standard InChI is InChI=1S/C27H34N6O3/c34-26(28-10-14-33-16-18-35-19-17-33)24-5-3-4-21-20-22(6-7-23(21)24)36-25-8-9-29-27(31-25)30-11-15-32-12-1-2-13-32/h3-9,20H,1-2,10-19H2,(H,28,34)(H,29,30,31). The number of likely N-dealkylation sites (tertiary alicyclic amines) is 1. The molecule has 1 amide bonds. The van der Waals surface area contributed by atoms with Gasteiger partial charge in [0.15, 0.2) is 0 Å². The highest BCUT2D eigenvalue weighted by Crippen LogP contribution is 2.27. The van der Waals surface area contributed by atoms with E-state index in [9.17, 15) is 4.79 Å². The first-order valence-electron chi connectivity index (χ1n) is 12.8. The van der Waals surface area contributed by atoms with Gasteiger partial charge in [-0.05, 0) is 61.0 Å². The number of hydrogen-bond donors (Lipinski definition) is 2. The van der Waals surface area contributed by atoms with Gasteiger partial charge in [0.05, 0.1) is 13.2 Å². The Hall–Kier alpha value is -3.27. The lowest BCUT2D eigenvalue weighted by Gasteiger charge is -2.26. The van der Waals surface area contributed by atoms with Crippen LogP contribution >= 0.6 is 0 Å². The molecular formula is C27H34N6O3. The predicted molar refractivity (Wildman–Crippen MR) is 140 cm³/mol. The Balaban J connectivity index is 1.18. The van der Waals surface area contributed by atoms with Crippen molar-refractivity contribution in [2.24, 2.45) is 0 Å². The van der Waals surface area contributed by atoms with Gasteiger partial charge >= 0.3 is 0 Å². The Bertz CT molecular complexity index is 1160. The van der Waals surface area contributed by atoms with Gasteiger partial charge in [-0.1, -0.05) is 12.1 Å². The van der Waals surface area contributed by atoms with Gasteiger partial charge in [0.2, 0.25) is 11.8 Å². The Labute approximate surface area is 211 Å². The Morgan fingerprint density at radius 2 is 1.78 bits per heavy atom. The van der Waals surface area contributed by atoms with Gasteiger partial charge in [-0.2, -0.15) is 4.98 Å².